The number of benzene rings is 2. The highest BCUT2D eigenvalue weighted by Crippen LogP contribution is 2.30. The van der Waals surface area contributed by atoms with Gasteiger partial charge in [-0.05, 0) is 18.1 Å². The molecule has 2 rings (SSSR count). The van der Waals surface area contributed by atoms with Crippen molar-refractivity contribution in [3.8, 4) is 0 Å². The molecule has 2 aromatic carbocycles. The van der Waals surface area contributed by atoms with Gasteiger partial charge in [-0.15, -0.1) is 0 Å². The van der Waals surface area contributed by atoms with E-state index in [0.717, 1.165) is 15.4 Å². The third kappa shape index (κ3) is 3.60. The van der Waals surface area contributed by atoms with Crippen LogP contribution in [0, 0.1) is 0 Å². The maximum Gasteiger partial charge on any atom is 0.323 e. The quantitative estimate of drug-likeness (QED) is 0.881. The smallest absolute Gasteiger partial charge is 0.323 e. The SMILES string of the molecule is CC(C(=O)O)S(=O)(=O)N(C)C(c1ccccc1)c1ccccc1. The zero-order valence-electron chi connectivity index (χ0n) is 13.0. The number of carboxylic acids is 1. The number of nitrogens with zero attached hydrogens (tertiary/aromatic N) is 1. The van der Waals surface area contributed by atoms with Crippen LogP contribution in [0.2, 0.25) is 0 Å². The molecule has 0 amide bonds. The number of sulfonamides is 1. The minimum atomic E-state index is -4.00. The minimum absolute atomic E-state index is 0.579. The molecule has 0 aliphatic heterocycles. The fourth-order valence-corrected chi connectivity index (χ4v) is 3.70. The van der Waals surface area contributed by atoms with Gasteiger partial charge < -0.3 is 5.11 Å². The van der Waals surface area contributed by atoms with Crippen molar-refractivity contribution in [3.63, 3.8) is 0 Å². The van der Waals surface area contributed by atoms with Crippen LogP contribution < -0.4 is 0 Å². The topological polar surface area (TPSA) is 74.7 Å². The molecular weight excluding hydrogens is 314 g/mol. The number of carbonyl (C=O) groups is 1. The van der Waals surface area contributed by atoms with Crippen molar-refractivity contribution in [2.45, 2.75) is 18.2 Å². The van der Waals surface area contributed by atoms with Crippen molar-refractivity contribution in [1.82, 2.24) is 4.31 Å². The Morgan fingerprint density at radius 2 is 1.35 bits per heavy atom. The average molecular weight is 333 g/mol. The molecule has 122 valence electrons. The Morgan fingerprint density at radius 1 is 0.957 bits per heavy atom. The van der Waals surface area contributed by atoms with Gasteiger partial charge in [0.15, 0.2) is 5.25 Å². The second kappa shape index (κ2) is 6.93. The van der Waals surface area contributed by atoms with Crippen LogP contribution in [-0.4, -0.2) is 36.1 Å². The molecule has 0 spiro atoms. The highest BCUT2D eigenvalue weighted by atomic mass is 32.2. The van der Waals surface area contributed by atoms with Gasteiger partial charge >= 0.3 is 5.97 Å². The number of hydrogen-bond donors (Lipinski definition) is 1. The first-order valence-corrected chi connectivity index (χ1v) is 8.65. The first kappa shape index (κ1) is 17.2. The normalized spacial score (nSPS) is 13.2. The number of hydrogen-bond acceptors (Lipinski definition) is 3. The van der Waals surface area contributed by atoms with Crippen molar-refractivity contribution in [1.29, 1.82) is 0 Å². The molecule has 0 saturated heterocycles. The maximum atomic E-state index is 12.6. The summed E-state index contributed by atoms with van der Waals surface area (Å²) in [6.45, 7) is 1.18. The molecule has 2 aromatic rings. The van der Waals surface area contributed by atoms with Crippen molar-refractivity contribution in [2.75, 3.05) is 7.05 Å². The van der Waals surface area contributed by atoms with Gasteiger partial charge in [0.25, 0.3) is 0 Å². The molecule has 6 heteroatoms. The monoisotopic (exact) mass is 333 g/mol. The molecule has 0 bridgehead atoms. The number of carboxylic acid groups (broad SMARTS) is 1. The lowest BCUT2D eigenvalue weighted by molar-refractivity contribution is -0.136. The summed E-state index contributed by atoms with van der Waals surface area (Å²) in [5.41, 5.74) is 1.56. The fraction of sp³-hybridized carbons (Fsp3) is 0.235. The van der Waals surface area contributed by atoms with Gasteiger partial charge in [0.2, 0.25) is 10.0 Å². The summed E-state index contributed by atoms with van der Waals surface area (Å²) in [6, 6.07) is 17.7. The minimum Gasteiger partial charge on any atom is -0.480 e. The van der Waals surface area contributed by atoms with Crippen molar-refractivity contribution < 1.29 is 18.3 Å². The van der Waals surface area contributed by atoms with Crippen molar-refractivity contribution in [3.05, 3.63) is 71.8 Å². The number of aliphatic carboxylic acids is 1. The van der Waals surface area contributed by atoms with Gasteiger partial charge in [0, 0.05) is 7.05 Å². The summed E-state index contributed by atoms with van der Waals surface area (Å²) in [5.74, 6) is -1.36. The largest absolute Gasteiger partial charge is 0.480 e. The summed E-state index contributed by atoms with van der Waals surface area (Å²) < 4.78 is 26.3. The Hall–Kier alpha value is -2.18. The van der Waals surface area contributed by atoms with E-state index in [0.29, 0.717) is 0 Å². The predicted molar refractivity (Wildman–Crippen MR) is 88.5 cm³/mol. The van der Waals surface area contributed by atoms with Gasteiger partial charge in [0.1, 0.15) is 0 Å². The standard InChI is InChI=1S/C17H19NO4S/c1-13(17(19)20)23(21,22)18(2)16(14-9-5-3-6-10-14)15-11-7-4-8-12-15/h3-13,16H,1-2H3,(H,19,20). The van der Waals surface area contributed by atoms with Gasteiger partial charge in [-0.1, -0.05) is 60.7 Å². The number of rotatable bonds is 6. The molecule has 0 heterocycles. The van der Waals surface area contributed by atoms with Gasteiger partial charge in [-0.25, -0.2) is 8.42 Å². The summed E-state index contributed by atoms with van der Waals surface area (Å²) in [4.78, 5) is 11.1. The van der Waals surface area contributed by atoms with Crippen LogP contribution in [0.4, 0.5) is 0 Å². The summed E-state index contributed by atoms with van der Waals surface area (Å²) in [5, 5.41) is 7.57. The first-order valence-electron chi connectivity index (χ1n) is 7.15. The van der Waals surface area contributed by atoms with Crippen molar-refractivity contribution >= 4 is 16.0 Å². The van der Waals surface area contributed by atoms with E-state index in [4.69, 9.17) is 5.11 Å². The van der Waals surface area contributed by atoms with Crippen molar-refractivity contribution in [2.24, 2.45) is 0 Å². The summed E-state index contributed by atoms with van der Waals surface area (Å²) in [7, 11) is -2.58. The molecular formula is C17H19NO4S. The Bertz CT molecular complexity index is 720. The van der Waals surface area contributed by atoms with Crippen LogP contribution in [0.3, 0.4) is 0 Å². The molecule has 0 fully saturated rings. The second-order valence-corrected chi connectivity index (χ2v) is 7.58. The van der Waals surface area contributed by atoms with E-state index in [1.807, 2.05) is 60.7 Å². The Labute approximate surface area is 136 Å². The molecule has 5 nitrogen and oxygen atoms in total. The van der Waals surface area contributed by atoms with Gasteiger partial charge in [-0.2, -0.15) is 4.31 Å². The first-order chi connectivity index (χ1) is 10.9. The molecule has 23 heavy (non-hydrogen) atoms. The zero-order chi connectivity index (χ0) is 17.0. The Morgan fingerprint density at radius 3 is 1.70 bits per heavy atom. The van der Waals surface area contributed by atoms with Gasteiger partial charge in [-0.3, -0.25) is 4.79 Å². The lowest BCUT2D eigenvalue weighted by Gasteiger charge is -2.29. The Kier molecular flexibility index (Phi) is 5.18. The third-order valence-corrected chi connectivity index (χ3v) is 5.90. The fourth-order valence-electron chi connectivity index (χ4n) is 2.41. The molecule has 0 aliphatic rings. The van der Waals surface area contributed by atoms with E-state index in [2.05, 4.69) is 0 Å². The van der Waals surface area contributed by atoms with E-state index in [1.54, 1.807) is 0 Å². The molecule has 0 aliphatic carbocycles. The van der Waals surface area contributed by atoms with Crippen LogP contribution >= 0.6 is 0 Å². The van der Waals surface area contributed by atoms with Crippen LogP contribution in [0.25, 0.3) is 0 Å². The van der Waals surface area contributed by atoms with Crippen LogP contribution in [-0.2, 0) is 14.8 Å². The van der Waals surface area contributed by atoms with Crippen LogP contribution in [0.15, 0.2) is 60.7 Å². The summed E-state index contributed by atoms with van der Waals surface area (Å²) in [6.07, 6.45) is 0. The Balaban J connectivity index is 2.53. The van der Waals surface area contributed by atoms with E-state index in [-0.39, 0.29) is 0 Å². The maximum absolute atomic E-state index is 12.6. The molecule has 1 atom stereocenters. The highest BCUT2D eigenvalue weighted by Gasteiger charge is 2.36. The molecule has 1 unspecified atom stereocenters. The van der Waals surface area contributed by atoms with E-state index in [9.17, 15) is 13.2 Å². The van der Waals surface area contributed by atoms with E-state index >= 15 is 0 Å². The van der Waals surface area contributed by atoms with Crippen LogP contribution in [0.1, 0.15) is 24.1 Å². The second-order valence-electron chi connectivity index (χ2n) is 5.27. The molecule has 0 radical (unpaired) electrons. The lowest BCUT2D eigenvalue weighted by atomic mass is 9.99. The average Bonchev–Trinajstić information content (AvgIpc) is 2.56. The lowest BCUT2D eigenvalue weighted by Crippen LogP contribution is -2.41. The molecule has 1 N–H and O–H groups in total. The van der Waals surface area contributed by atoms with E-state index < -0.39 is 27.3 Å². The highest BCUT2D eigenvalue weighted by molar-refractivity contribution is 7.90. The van der Waals surface area contributed by atoms with E-state index in [1.165, 1.54) is 14.0 Å². The van der Waals surface area contributed by atoms with Gasteiger partial charge in [0.05, 0.1) is 6.04 Å². The zero-order valence-corrected chi connectivity index (χ0v) is 13.8. The molecule has 0 saturated carbocycles. The van der Waals surface area contributed by atoms with Crippen LogP contribution in [0.5, 0.6) is 0 Å². The predicted octanol–water partition coefficient (Wildman–Crippen LogP) is 2.51. The third-order valence-electron chi connectivity index (χ3n) is 3.79. The summed E-state index contributed by atoms with van der Waals surface area (Å²) >= 11 is 0. The molecule has 0 aromatic heterocycles.